The Hall–Kier alpha value is -4.14. The molecule has 0 saturated carbocycles. The summed E-state index contributed by atoms with van der Waals surface area (Å²) in [5, 5.41) is 26.4. The lowest BCUT2D eigenvalue weighted by molar-refractivity contribution is -0.123. The van der Waals surface area contributed by atoms with Crippen LogP contribution < -0.4 is 26.6 Å². The molecule has 4 N–H and O–H groups in total. The van der Waals surface area contributed by atoms with Gasteiger partial charge in [-0.3, -0.25) is 14.1 Å². The quantitative estimate of drug-likeness (QED) is 0.186. The summed E-state index contributed by atoms with van der Waals surface area (Å²) in [5.41, 5.74) is 5.88. The number of aromatic nitrogens is 2. The summed E-state index contributed by atoms with van der Waals surface area (Å²) < 4.78 is 11.8. The van der Waals surface area contributed by atoms with Gasteiger partial charge < -0.3 is 20.5 Å². The lowest BCUT2D eigenvalue weighted by atomic mass is 10.0. The van der Waals surface area contributed by atoms with E-state index in [1.165, 1.54) is 4.57 Å². The molecule has 0 aliphatic carbocycles. The van der Waals surface area contributed by atoms with Crippen molar-refractivity contribution in [3.05, 3.63) is 104 Å². The van der Waals surface area contributed by atoms with Crippen molar-refractivity contribution in [2.75, 3.05) is 19.7 Å². The van der Waals surface area contributed by atoms with Crippen LogP contribution in [-0.2, 0) is 21.1 Å². The number of ether oxygens (including phenoxy) is 1. The molecular formula is C30H26Cl2N6O6S. The number of rotatable bonds is 10. The van der Waals surface area contributed by atoms with Crippen molar-refractivity contribution < 1.29 is 24.0 Å². The largest absolute Gasteiger partial charge is 0.482 e. The summed E-state index contributed by atoms with van der Waals surface area (Å²) in [5.74, 6) is -0.720. The first-order chi connectivity index (χ1) is 21.7. The topological polar surface area (TPSA) is 160 Å². The Morgan fingerprint density at radius 1 is 1.09 bits per heavy atom. The summed E-state index contributed by atoms with van der Waals surface area (Å²) in [7, 11) is 0. The van der Waals surface area contributed by atoms with Crippen LogP contribution in [-0.4, -0.2) is 52.1 Å². The number of thioether (sulfide) groups is 1. The van der Waals surface area contributed by atoms with E-state index in [1.54, 1.807) is 42.5 Å². The van der Waals surface area contributed by atoms with E-state index in [0.29, 0.717) is 64.4 Å². The van der Waals surface area contributed by atoms with Gasteiger partial charge in [-0.05, 0) is 53.6 Å². The van der Waals surface area contributed by atoms with Crippen LogP contribution in [0, 0.1) is 0 Å². The van der Waals surface area contributed by atoms with Crippen LogP contribution in [0.25, 0.3) is 5.69 Å². The number of fused-ring (bicyclic) bond motifs is 3. The Bertz CT molecular complexity index is 1860. The summed E-state index contributed by atoms with van der Waals surface area (Å²) in [6.45, 7) is 1.07. The average molecular weight is 670 g/mol. The maximum absolute atomic E-state index is 12.6. The van der Waals surface area contributed by atoms with Gasteiger partial charge in [0.2, 0.25) is 16.7 Å². The predicted octanol–water partition coefficient (Wildman–Crippen LogP) is 3.33. The van der Waals surface area contributed by atoms with Gasteiger partial charge in [-0.25, -0.2) is 14.8 Å². The Balaban J connectivity index is 0.996. The zero-order chi connectivity index (χ0) is 31.6. The zero-order valence-corrected chi connectivity index (χ0v) is 25.8. The first kappa shape index (κ1) is 30.9. The second-order valence-corrected chi connectivity index (χ2v) is 12.3. The highest BCUT2D eigenvalue weighted by molar-refractivity contribution is 8.00. The lowest BCUT2D eigenvalue weighted by Crippen LogP contribution is -2.35. The van der Waals surface area contributed by atoms with Gasteiger partial charge >= 0.3 is 5.76 Å². The third-order valence-corrected chi connectivity index (χ3v) is 8.97. The normalized spacial score (nSPS) is 17.1. The number of carbonyl (C=O) groups excluding carboxylic acids is 2. The Kier molecular flexibility index (Phi) is 8.97. The smallest absolute Gasteiger partial charge is 0.446 e. The fraction of sp³-hybridized carbons (Fsp3) is 0.233. The van der Waals surface area contributed by atoms with Crippen LogP contribution in [0.15, 0.2) is 80.0 Å². The van der Waals surface area contributed by atoms with E-state index in [2.05, 4.69) is 26.3 Å². The molecule has 0 bridgehead atoms. The van der Waals surface area contributed by atoms with E-state index in [4.69, 9.17) is 32.5 Å². The molecule has 2 amide bonds. The Morgan fingerprint density at radius 3 is 2.67 bits per heavy atom. The van der Waals surface area contributed by atoms with Gasteiger partial charge in [0.1, 0.15) is 5.75 Å². The maximum atomic E-state index is 12.6. The molecule has 6 rings (SSSR count). The number of amides is 2. The number of aliphatic hydroxyl groups is 1. The van der Waals surface area contributed by atoms with Crippen molar-refractivity contribution in [1.29, 1.82) is 0 Å². The summed E-state index contributed by atoms with van der Waals surface area (Å²) in [4.78, 5) is 35.3. The number of halogens is 2. The van der Waals surface area contributed by atoms with Crippen LogP contribution in [0.1, 0.15) is 35.4 Å². The molecule has 0 spiro atoms. The minimum absolute atomic E-state index is 0.0632. The van der Waals surface area contributed by atoms with Gasteiger partial charge in [-0.1, -0.05) is 58.3 Å². The van der Waals surface area contributed by atoms with Gasteiger partial charge in [0.05, 0.1) is 16.4 Å². The zero-order valence-electron chi connectivity index (χ0n) is 23.5. The van der Waals surface area contributed by atoms with Crippen molar-refractivity contribution in [1.82, 2.24) is 25.8 Å². The van der Waals surface area contributed by atoms with E-state index in [9.17, 15) is 19.5 Å². The minimum atomic E-state index is -1.65. The first-order valence-electron chi connectivity index (χ1n) is 13.9. The maximum Gasteiger partial charge on any atom is 0.446 e. The van der Waals surface area contributed by atoms with Crippen molar-refractivity contribution in [3.63, 3.8) is 0 Å². The minimum Gasteiger partial charge on any atom is -0.482 e. The number of nitrogens with one attached hydrogen (secondary N) is 3. The van der Waals surface area contributed by atoms with Crippen molar-refractivity contribution >= 4 is 52.5 Å². The molecule has 2 aliphatic heterocycles. The molecule has 1 atom stereocenters. The molecule has 4 aromatic rings. The molecule has 45 heavy (non-hydrogen) atoms. The highest BCUT2D eigenvalue weighted by Gasteiger charge is 2.44. The lowest BCUT2D eigenvalue weighted by Gasteiger charge is -2.31. The van der Waals surface area contributed by atoms with Crippen LogP contribution >= 0.6 is 35.0 Å². The molecule has 15 heteroatoms. The van der Waals surface area contributed by atoms with E-state index >= 15 is 0 Å². The fourth-order valence-electron chi connectivity index (χ4n) is 4.88. The number of hydrazone groups is 1. The number of hydrogen-bond donors (Lipinski definition) is 4. The average Bonchev–Trinajstić information content (AvgIpc) is 3.44. The molecule has 2 aliphatic rings. The third kappa shape index (κ3) is 6.63. The Morgan fingerprint density at radius 2 is 1.91 bits per heavy atom. The van der Waals surface area contributed by atoms with E-state index in [0.717, 1.165) is 28.6 Å². The molecule has 3 aromatic carbocycles. The van der Waals surface area contributed by atoms with Gasteiger partial charge in [0.15, 0.2) is 6.61 Å². The molecule has 3 heterocycles. The predicted molar refractivity (Wildman–Crippen MR) is 168 cm³/mol. The highest BCUT2D eigenvalue weighted by atomic mass is 35.5. The van der Waals surface area contributed by atoms with Crippen molar-refractivity contribution in [3.8, 4) is 11.4 Å². The first-order valence-corrected chi connectivity index (χ1v) is 15.4. The van der Waals surface area contributed by atoms with Crippen LogP contribution in [0.2, 0.25) is 10.0 Å². The monoisotopic (exact) mass is 668 g/mol. The number of hydrogen-bond acceptors (Lipinski definition) is 10. The Labute approximate surface area is 270 Å². The van der Waals surface area contributed by atoms with Crippen LogP contribution in [0.4, 0.5) is 0 Å². The summed E-state index contributed by atoms with van der Waals surface area (Å²) >= 11 is 13.5. The molecule has 1 unspecified atom stereocenters. The van der Waals surface area contributed by atoms with Crippen molar-refractivity contribution in [2.24, 2.45) is 5.10 Å². The van der Waals surface area contributed by atoms with E-state index in [-0.39, 0.29) is 24.2 Å². The molecule has 1 aromatic heterocycles. The second-order valence-electron chi connectivity index (χ2n) is 10.2. The second kappa shape index (κ2) is 13.1. The summed E-state index contributed by atoms with van der Waals surface area (Å²) in [6.07, 6.45) is 0.876. The molecule has 0 radical (unpaired) electrons. The van der Waals surface area contributed by atoms with Gasteiger partial charge in [-0.15, -0.1) is 0 Å². The standard InChI is InChI=1S/C30H26Cl2N6O6S/c31-20-5-3-19(4-6-20)30(42)28-37-44-29(41)38(28)23-13-17(1-9-25(23)45-30)15-33-11-12-34-27(40)16-43-24-8-2-18(14-21(24)32)22-7-10-26(39)36-35-22/h1-6,8-9,13-14,33,42H,7,10-12,15-16H2,(H,34,40)(H,36,39). The number of nitrogens with zero attached hydrogens (tertiary/aromatic N) is 3. The SMILES string of the molecule is O=C(COc1ccc(C2=NNC(=O)CC2)cc1Cl)NCCNCc1ccc2c(c1)-n1c(noc1=O)C(O)(c1ccc(Cl)cc1)S2. The fourth-order valence-corrected chi connectivity index (χ4v) is 6.42. The molecule has 0 saturated heterocycles. The van der Waals surface area contributed by atoms with Gasteiger partial charge in [0, 0.05) is 48.0 Å². The molecule has 232 valence electrons. The van der Waals surface area contributed by atoms with Gasteiger partial charge in [-0.2, -0.15) is 5.10 Å². The van der Waals surface area contributed by atoms with Gasteiger partial charge in [0.25, 0.3) is 5.91 Å². The van der Waals surface area contributed by atoms with Crippen molar-refractivity contribution in [2.45, 2.75) is 29.2 Å². The summed E-state index contributed by atoms with van der Waals surface area (Å²) in [6, 6.07) is 17.4. The third-order valence-electron chi connectivity index (χ3n) is 7.15. The van der Waals surface area contributed by atoms with E-state index < -0.39 is 10.7 Å². The number of carbonyl (C=O) groups is 2. The van der Waals surface area contributed by atoms with E-state index in [1.807, 2.05) is 18.2 Å². The van der Waals surface area contributed by atoms with Crippen LogP contribution in [0.5, 0.6) is 5.75 Å². The molecular weight excluding hydrogens is 643 g/mol. The highest BCUT2D eigenvalue weighted by Crippen LogP contribution is 2.49. The number of benzene rings is 3. The van der Waals surface area contributed by atoms with Crippen LogP contribution in [0.3, 0.4) is 0 Å². The molecule has 0 fully saturated rings. The molecule has 12 nitrogen and oxygen atoms in total.